The van der Waals surface area contributed by atoms with Gasteiger partial charge in [0.15, 0.2) is 0 Å². The minimum absolute atomic E-state index is 1.23. The molecule has 1 rings (SSSR count). The van der Waals surface area contributed by atoms with Crippen molar-refractivity contribution >= 4 is 22.6 Å². The lowest BCUT2D eigenvalue weighted by molar-refractivity contribution is 0.944. The summed E-state index contributed by atoms with van der Waals surface area (Å²) in [7, 11) is 0. The maximum atomic E-state index is 2.42. The summed E-state index contributed by atoms with van der Waals surface area (Å²) >= 11 is 2.42. The summed E-state index contributed by atoms with van der Waals surface area (Å²) < 4.78 is 1.26. The van der Waals surface area contributed by atoms with Crippen LogP contribution in [0.2, 0.25) is 0 Å². The second kappa shape index (κ2) is 4.75. The van der Waals surface area contributed by atoms with Crippen LogP contribution in [0.15, 0.2) is 24.3 Å². The molecule has 0 atom stereocenters. The van der Waals surface area contributed by atoms with Crippen molar-refractivity contribution in [1.82, 2.24) is 0 Å². The average Bonchev–Trinajstić information content (AvgIpc) is 2.01. The second-order valence-electron chi connectivity index (χ2n) is 2.78. The molecule has 0 saturated carbocycles. The summed E-state index contributed by atoms with van der Waals surface area (Å²) in [5, 5.41) is 0. The van der Waals surface area contributed by atoms with Gasteiger partial charge in [0, 0.05) is 0 Å². The molecule has 1 aromatic rings. The third kappa shape index (κ3) is 3.23. The lowest BCUT2D eigenvalue weighted by Crippen LogP contribution is -1.85. The number of hydrogen-bond acceptors (Lipinski definition) is 0. The summed E-state index contributed by atoms with van der Waals surface area (Å²) in [6.07, 6.45) is 2.52. The number of rotatable bonds is 3. The van der Waals surface area contributed by atoms with E-state index in [1.165, 1.54) is 28.4 Å². The van der Waals surface area contributed by atoms with Crippen molar-refractivity contribution < 1.29 is 0 Å². The van der Waals surface area contributed by atoms with Crippen LogP contribution in [-0.4, -0.2) is 4.43 Å². The first-order valence-electron chi connectivity index (χ1n) is 3.94. The molecule has 0 nitrogen and oxygen atoms in total. The van der Waals surface area contributed by atoms with Crippen LogP contribution in [0.3, 0.4) is 0 Å². The highest BCUT2D eigenvalue weighted by molar-refractivity contribution is 14.1. The van der Waals surface area contributed by atoms with E-state index in [2.05, 4.69) is 53.8 Å². The predicted octanol–water partition coefficient (Wildman–Crippen LogP) is 3.36. The number of hydrogen-bond donors (Lipinski definition) is 0. The molecule has 0 aliphatic heterocycles. The zero-order valence-corrected chi connectivity index (χ0v) is 8.97. The van der Waals surface area contributed by atoms with Crippen LogP contribution in [0.1, 0.15) is 17.5 Å². The van der Waals surface area contributed by atoms with Gasteiger partial charge in [0.05, 0.1) is 0 Å². The predicted molar refractivity (Wildman–Crippen MR) is 58.4 cm³/mol. The Balaban J connectivity index is 2.56. The summed E-state index contributed by atoms with van der Waals surface area (Å²) in [6, 6.07) is 8.76. The zero-order valence-electron chi connectivity index (χ0n) is 6.81. The SMILES string of the molecule is Cc1cccc(CCCI)c1. The number of benzene rings is 1. The van der Waals surface area contributed by atoms with Gasteiger partial charge in [0.2, 0.25) is 0 Å². The Labute approximate surface area is 82.2 Å². The van der Waals surface area contributed by atoms with E-state index in [9.17, 15) is 0 Å². The Morgan fingerprint density at radius 2 is 2.18 bits per heavy atom. The molecule has 0 spiro atoms. The number of halogens is 1. The molecule has 0 saturated heterocycles. The second-order valence-corrected chi connectivity index (χ2v) is 3.86. The fraction of sp³-hybridized carbons (Fsp3) is 0.400. The standard InChI is InChI=1S/C10H13I/c1-9-4-2-5-10(8-9)6-3-7-11/h2,4-5,8H,3,6-7H2,1H3. The molecule has 0 amide bonds. The Morgan fingerprint density at radius 1 is 1.36 bits per heavy atom. The van der Waals surface area contributed by atoms with E-state index in [1.54, 1.807) is 0 Å². The van der Waals surface area contributed by atoms with Gasteiger partial charge in [0.1, 0.15) is 0 Å². The summed E-state index contributed by atoms with van der Waals surface area (Å²) in [4.78, 5) is 0. The van der Waals surface area contributed by atoms with E-state index < -0.39 is 0 Å². The molecule has 0 bridgehead atoms. The minimum Gasteiger partial charge on any atom is -0.0864 e. The van der Waals surface area contributed by atoms with E-state index in [4.69, 9.17) is 0 Å². The molecular weight excluding hydrogens is 247 g/mol. The molecule has 0 aliphatic rings. The number of aryl methyl sites for hydroxylation is 2. The van der Waals surface area contributed by atoms with Gasteiger partial charge in [-0.2, -0.15) is 0 Å². The monoisotopic (exact) mass is 260 g/mol. The molecule has 1 heteroatoms. The molecule has 0 radical (unpaired) electrons. The van der Waals surface area contributed by atoms with Gasteiger partial charge in [-0.3, -0.25) is 0 Å². The minimum atomic E-state index is 1.23. The molecule has 0 unspecified atom stereocenters. The van der Waals surface area contributed by atoms with Crippen molar-refractivity contribution in [3.05, 3.63) is 35.4 Å². The van der Waals surface area contributed by atoms with Crippen LogP contribution in [0, 0.1) is 6.92 Å². The van der Waals surface area contributed by atoms with Crippen LogP contribution >= 0.6 is 22.6 Å². The van der Waals surface area contributed by atoms with E-state index in [0.717, 1.165) is 0 Å². The van der Waals surface area contributed by atoms with Gasteiger partial charge in [-0.05, 0) is 29.8 Å². The topological polar surface area (TPSA) is 0 Å². The first-order chi connectivity index (χ1) is 5.33. The summed E-state index contributed by atoms with van der Waals surface area (Å²) in [5.74, 6) is 0. The van der Waals surface area contributed by atoms with Crippen LogP contribution in [0.4, 0.5) is 0 Å². The van der Waals surface area contributed by atoms with E-state index >= 15 is 0 Å². The largest absolute Gasteiger partial charge is 0.0864 e. The highest BCUT2D eigenvalue weighted by Gasteiger charge is 1.91. The van der Waals surface area contributed by atoms with Gasteiger partial charge in [-0.15, -0.1) is 0 Å². The van der Waals surface area contributed by atoms with Gasteiger partial charge in [-0.1, -0.05) is 52.4 Å². The fourth-order valence-corrected chi connectivity index (χ4v) is 1.52. The Morgan fingerprint density at radius 3 is 2.82 bits per heavy atom. The highest BCUT2D eigenvalue weighted by Crippen LogP contribution is 2.07. The van der Waals surface area contributed by atoms with Gasteiger partial charge in [-0.25, -0.2) is 0 Å². The molecule has 0 N–H and O–H groups in total. The molecule has 0 aromatic heterocycles. The van der Waals surface area contributed by atoms with Crippen molar-refractivity contribution in [1.29, 1.82) is 0 Å². The third-order valence-electron chi connectivity index (χ3n) is 1.68. The first-order valence-corrected chi connectivity index (χ1v) is 5.47. The Bertz CT molecular complexity index is 218. The lowest BCUT2D eigenvalue weighted by Gasteiger charge is -1.99. The van der Waals surface area contributed by atoms with Crippen molar-refractivity contribution in [3.8, 4) is 0 Å². The van der Waals surface area contributed by atoms with Crippen LogP contribution in [0.5, 0.6) is 0 Å². The van der Waals surface area contributed by atoms with Crippen LogP contribution < -0.4 is 0 Å². The normalized spacial score (nSPS) is 10.0. The van der Waals surface area contributed by atoms with Crippen molar-refractivity contribution in [2.24, 2.45) is 0 Å². The highest BCUT2D eigenvalue weighted by atomic mass is 127. The average molecular weight is 260 g/mol. The molecule has 0 fully saturated rings. The van der Waals surface area contributed by atoms with Gasteiger partial charge < -0.3 is 0 Å². The Hall–Kier alpha value is -0.0500. The Kier molecular flexibility index (Phi) is 3.91. The van der Waals surface area contributed by atoms with Crippen molar-refractivity contribution in [2.75, 3.05) is 4.43 Å². The van der Waals surface area contributed by atoms with E-state index in [-0.39, 0.29) is 0 Å². The lowest BCUT2D eigenvalue weighted by atomic mass is 10.1. The van der Waals surface area contributed by atoms with Crippen molar-refractivity contribution in [2.45, 2.75) is 19.8 Å². The molecule has 0 aliphatic carbocycles. The summed E-state index contributed by atoms with van der Waals surface area (Å²) in [6.45, 7) is 2.15. The van der Waals surface area contributed by atoms with E-state index in [0.29, 0.717) is 0 Å². The summed E-state index contributed by atoms with van der Waals surface area (Å²) in [5.41, 5.74) is 2.85. The van der Waals surface area contributed by atoms with Crippen molar-refractivity contribution in [3.63, 3.8) is 0 Å². The smallest absolute Gasteiger partial charge is 0.000156 e. The van der Waals surface area contributed by atoms with Gasteiger partial charge >= 0.3 is 0 Å². The molecule has 11 heavy (non-hydrogen) atoms. The third-order valence-corrected chi connectivity index (χ3v) is 2.44. The molecule has 1 aromatic carbocycles. The van der Waals surface area contributed by atoms with Crippen LogP contribution in [0.25, 0.3) is 0 Å². The first kappa shape index (κ1) is 9.04. The molecule has 60 valence electrons. The maximum Gasteiger partial charge on any atom is -0.000156 e. The quantitative estimate of drug-likeness (QED) is 0.577. The van der Waals surface area contributed by atoms with E-state index in [1.807, 2.05) is 0 Å². The van der Waals surface area contributed by atoms with Crippen LogP contribution in [-0.2, 0) is 6.42 Å². The molecular formula is C10H13I. The maximum absolute atomic E-state index is 2.42. The fourth-order valence-electron chi connectivity index (χ4n) is 1.14. The molecule has 0 heterocycles. The number of alkyl halides is 1. The van der Waals surface area contributed by atoms with Gasteiger partial charge in [0.25, 0.3) is 0 Å². The zero-order chi connectivity index (χ0) is 8.10.